The SMILES string of the molecule is CC[C@H]1OC(=O)[C@H](C)[C@@H](O[C@H]2C[C@@](C)(OC)[C@@H](OC(=O)CCN3CCOCC3)[C@H](C)O2)[C@H](C)[C@@H](O[C@@H]2O[C@H](C)C[C@H](N(C)C)[C@H]2O)[C@](C)(OC)C[C@@H](C)C(=O)N[C@H](C)[C@@H](O)[C@]1(C)O. The molecule has 1 amide bonds. The van der Waals surface area contributed by atoms with Crippen LogP contribution in [-0.2, 0) is 57.0 Å². The molecule has 0 unspecified atom stereocenters. The van der Waals surface area contributed by atoms with Crippen LogP contribution in [0.15, 0.2) is 0 Å². The number of ether oxygens (including phenoxy) is 9. The fraction of sp³-hybridized carbons (Fsp3) is 0.933. The first-order valence-electron chi connectivity index (χ1n) is 22.9. The Kier molecular flexibility index (Phi) is 19.2. The molecule has 18 atom stereocenters. The van der Waals surface area contributed by atoms with Gasteiger partial charge in [-0.05, 0) is 81.8 Å². The van der Waals surface area contributed by atoms with E-state index in [2.05, 4.69) is 10.2 Å². The molecule has 4 heterocycles. The smallest absolute Gasteiger partial charge is 0.311 e. The Morgan fingerprint density at radius 3 is 2.13 bits per heavy atom. The first-order valence-corrected chi connectivity index (χ1v) is 22.9. The maximum atomic E-state index is 14.5. The third kappa shape index (κ3) is 12.9. The second-order valence-corrected chi connectivity index (χ2v) is 19.4. The molecular formula is C45H81N3O15. The Balaban J connectivity index is 1.76. The average Bonchev–Trinajstić information content (AvgIpc) is 3.24. The van der Waals surface area contributed by atoms with Crippen LogP contribution in [0.25, 0.3) is 0 Å². The Morgan fingerprint density at radius 1 is 0.921 bits per heavy atom. The van der Waals surface area contributed by atoms with Gasteiger partial charge in [-0.3, -0.25) is 19.3 Å². The number of nitrogens with zero attached hydrogens (tertiary/aromatic N) is 2. The lowest BCUT2D eigenvalue weighted by atomic mass is 9.77. The van der Waals surface area contributed by atoms with Crippen molar-refractivity contribution in [2.24, 2.45) is 17.8 Å². The van der Waals surface area contributed by atoms with Crippen molar-refractivity contribution in [2.75, 3.05) is 61.2 Å². The highest BCUT2D eigenvalue weighted by Crippen LogP contribution is 2.41. The number of esters is 2. The molecule has 4 saturated heterocycles. The predicted octanol–water partition coefficient (Wildman–Crippen LogP) is 2.01. The zero-order chi connectivity index (χ0) is 47.2. The lowest BCUT2D eigenvalue weighted by Gasteiger charge is -2.49. The lowest BCUT2D eigenvalue weighted by Crippen LogP contribution is -2.61. The van der Waals surface area contributed by atoms with Gasteiger partial charge in [-0.2, -0.15) is 0 Å². The number of rotatable bonds is 12. The van der Waals surface area contributed by atoms with E-state index in [1.807, 2.05) is 39.8 Å². The molecule has 0 aromatic carbocycles. The number of methoxy groups -OCH3 is 2. The summed E-state index contributed by atoms with van der Waals surface area (Å²) in [6, 6.07) is -1.25. The van der Waals surface area contributed by atoms with Gasteiger partial charge in [-0.15, -0.1) is 0 Å². The molecule has 0 aromatic heterocycles. The van der Waals surface area contributed by atoms with E-state index in [0.717, 1.165) is 13.1 Å². The lowest BCUT2D eigenvalue weighted by molar-refractivity contribution is -0.320. The predicted molar refractivity (Wildman–Crippen MR) is 230 cm³/mol. The second-order valence-electron chi connectivity index (χ2n) is 19.4. The highest BCUT2D eigenvalue weighted by molar-refractivity contribution is 5.78. The number of amides is 1. The molecule has 0 spiro atoms. The number of cyclic esters (lactones) is 1. The molecular weight excluding hydrogens is 823 g/mol. The van der Waals surface area contributed by atoms with Crippen LogP contribution in [0.5, 0.6) is 0 Å². The molecule has 63 heavy (non-hydrogen) atoms. The maximum Gasteiger partial charge on any atom is 0.311 e. The summed E-state index contributed by atoms with van der Waals surface area (Å²) < 4.78 is 56.6. The third-order valence-electron chi connectivity index (χ3n) is 14.1. The molecule has 0 saturated carbocycles. The number of likely N-dealkylation sites (N-methyl/N-ethyl adjacent to an activating group) is 1. The summed E-state index contributed by atoms with van der Waals surface area (Å²) in [6.45, 7) is 20.4. The van der Waals surface area contributed by atoms with Crippen LogP contribution in [0, 0.1) is 17.8 Å². The number of hydrogen-bond acceptors (Lipinski definition) is 17. The van der Waals surface area contributed by atoms with Crippen molar-refractivity contribution >= 4 is 17.8 Å². The highest BCUT2D eigenvalue weighted by atomic mass is 16.7. The van der Waals surface area contributed by atoms with E-state index in [1.54, 1.807) is 41.5 Å². The number of nitrogens with one attached hydrogen (secondary N) is 1. The molecule has 18 nitrogen and oxygen atoms in total. The number of hydrogen-bond donors (Lipinski definition) is 4. The van der Waals surface area contributed by atoms with Gasteiger partial charge < -0.3 is 68.2 Å². The van der Waals surface area contributed by atoms with E-state index in [0.29, 0.717) is 26.2 Å². The number of morpholine rings is 1. The minimum absolute atomic E-state index is 0.0828. The normalized spacial score (nSPS) is 44.3. The minimum atomic E-state index is -1.97. The van der Waals surface area contributed by atoms with Gasteiger partial charge in [0, 0.05) is 58.2 Å². The maximum absolute atomic E-state index is 14.5. The van der Waals surface area contributed by atoms with Gasteiger partial charge in [0.15, 0.2) is 18.7 Å². The molecule has 4 fully saturated rings. The van der Waals surface area contributed by atoms with Crippen LogP contribution in [0.4, 0.5) is 0 Å². The summed E-state index contributed by atoms with van der Waals surface area (Å²) in [5, 5.41) is 37.8. The van der Waals surface area contributed by atoms with Gasteiger partial charge >= 0.3 is 11.9 Å². The summed E-state index contributed by atoms with van der Waals surface area (Å²) in [4.78, 5) is 45.7. The quantitative estimate of drug-likeness (QED) is 0.206. The van der Waals surface area contributed by atoms with Crippen molar-refractivity contribution in [1.29, 1.82) is 0 Å². The zero-order valence-corrected chi connectivity index (χ0v) is 40.4. The zero-order valence-electron chi connectivity index (χ0n) is 40.4. The van der Waals surface area contributed by atoms with E-state index in [-0.39, 0.29) is 37.8 Å². The summed E-state index contributed by atoms with van der Waals surface area (Å²) in [6.07, 6.45) is -8.82. The van der Waals surface area contributed by atoms with Crippen LogP contribution >= 0.6 is 0 Å². The fourth-order valence-electron chi connectivity index (χ4n) is 9.90. The van der Waals surface area contributed by atoms with E-state index in [1.165, 1.54) is 21.1 Å². The molecule has 4 aliphatic heterocycles. The molecule has 4 N–H and O–H groups in total. The molecule has 0 aliphatic carbocycles. The Bertz CT molecular complexity index is 1480. The van der Waals surface area contributed by atoms with Crippen molar-refractivity contribution in [3.63, 3.8) is 0 Å². The van der Waals surface area contributed by atoms with E-state index in [4.69, 9.17) is 42.6 Å². The Morgan fingerprint density at radius 2 is 1.54 bits per heavy atom. The average molecular weight is 904 g/mol. The van der Waals surface area contributed by atoms with Gasteiger partial charge in [0.1, 0.15) is 29.5 Å². The molecule has 0 radical (unpaired) electrons. The van der Waals surface area contributed by atoms with Crippen molar-refractivity contribution in [3.8, 4) is 0 Å². The van der Waals surface area contributed by atoms with E-state index >= 15 is 0 Å². The van der Waals surface area contributed by atoms with Crippen LogP contribution in [0.1, 0.15) is 101 Å². The number of carbonyl (C=O) groups is 3. The summed E-state index contributed by atoms with van der Waals surface area (Å²) in [5.41, 5.74) is -4.35. The molecule has 366 valence electrons. The van der Waals surface area contributed by atoms with Crippen LogP contribution in [0.3, 0.4) is 0 Å². The van der Waals surface area contributed by atoms with E-state index in [9.17, 15) is 29.7 Å². The van der Waals surface area contributed by atoms with E-state index < -0.39 is 114 Å². The largest absolute Gasteiger partial charge is 0.459 e. The Hall–Kier alpha value is -2.07. The standard InChI is InChI=1S/C45H81N3O15/c1-15-32-45(10,54)37(51)29(6)46-40(52)25(2)23-43(8,55-13)38(63-42-35(50)31(47(11)12)22-26(3)58-42)27(4)36(28(5)41(53)60-32)62-34-24-44(9,56-14)39(30(7)59-34)61-33(49)16-17-48-18-20-57-21-19-48/h25-32,34-39,42,50-51,54H,15-24H2,1-14H3,(H,46,52)/t25-,26-,27+,28-,29-,30+,31+,32-,34+,35-,36+,37-,38-,39+,42+,43-,44-,45-/m1/s1. The van der Waals surface area contributed by atoms with Gasteiger partial charge in [-0.25, -0.2) is 0 Å². The summed E-state index contributed by atoms with van der Waals surface area (Å²) >= 11 is 0. The van der Waals surface area contributed by atoms with Crippen molar-refractivity contribution in [3.05, 3.63) is 0 Å². The second kappa shape index (κ2) is 22.6. The molecule has 4 rings (SSSR count). The van der Waals surface area contributed by atoms with Crippen LogP contribution in [0.2, 0.25) is 0 Å². The van der Waals surface area contributed by atoms with Gasteiger partial charge in [0.25, 0.3) is 0 Å². The monoisotopic (exact) mass is 904 g/mol. The first kappa shape index (κ1) is 53.5. The topological polar surface area (TPSA) is 213 Å². The van der Waals surface area contributed by atoms with Gasteiger partial charge in [-0.1, -0.05) is 20.8 Å². The first-order chi connectivity index (χ1) is 29.4. The van der Waals surface area contributed by atoms with Gasteiger partial charge in [0.2, 0.25) is 5.91 Å². The Labute approximate surface area is 375 Å². The molecule has 4 aliphatic rings. The van der Waals surface area contributed by atoms with Crippen molar-refractivity contribution in [1.82, 2.24) is 15.1 Å². The number of carbonyl (C=O) groups excluding carboxylic acids is 3. The van der Waals surface area contributed by atoms with Crippen LogP contribution < -0.4 is 5.32 Å². The minimum Gasteiger partial charge on any atom is -0.459 e. The number of aliphatic hydroxyl groups excluding tert-OH is 2. The van der Waals surface area contributed by atoms with Crippen LogP contribution in [-0.4, -0.2) is 194 Å². The molecule has 0 bridgehead atoms. The molecule has 18 heteroatoms. The van der Waals surface area contributed by atoms with Gasteiger partial charge in [0.05, 0.1) is 61.6 Å². The third-order valence-corrected chi connectivity index (χ3v) is 14.1. The summed E-state index contributed by atoms with van der Waals surface area (Å²) in [5.74, 6) is -4.11. The van der Waals surface area contributed by atoms with Crippen molar-refractivity contribution < 1.29 is 72.3 Å². The van der Waals surface area contributed by atoms with Crippen molar-refractivity contribution in [2.45, 2.75) is 192 Å². The summed E-state index contributed by atoms with van der Waals surface area (Å²) in [7, 11) is 6.79. The fourth-order valence-corrected chi connectivity index (χ4v) is 9.90. The number of aliphatic hydroxyl groups is 3. The highest BCUT2D eigenvalue weighted by Gasteiger charge is 2.54. The molecule has 0 aromatic rings.